The summed E-state index contributed by atoms with van der Waals surface area (Å²) in [6, 6.07) is 0. The standard InChI is InChI=1S/C12H13NO5/c14-8(15)2-1-5-13-11(16)9-6-3-4-7(18-6)10(9)12(13)17/h3-4,6-7,9-10H,1-2,5H2,(H,14,15). The van der Waals surface area contributed by atoms with Gasteiger partial charge in [0.15, 0.2) is 0 Å². The third-order valence-corrected chi connectivity index (χ3v) is 3.77. The molecule has 0 radical (unpaired) electrons. The Balaban J connectivity index is 1.70. The summed E-state index contributed by atoms with van der Waals surface area (Å²) < 4.78 is 5.50. The molecule has 0 saturated carbocycles. The molecule has 96 valence electrons. The van der Waals surface area contributed by atoms with Gasteiger partial charge in [-0.1, -0.05) is 12.2 Å². The van der Waals surface area contributed by atoms with E-state index in [2.05, 4.69) is 0 Å². The molecule has 2 amide bonds. The number of ether oxygens (including phenoxy) is 1. The van der Waals surface area contributed by atoms with E-state index in [4.69, 9.17) is 9.84 Å². The molecule has 0 aromatic heterocycles. The number of fused-ring (bicyclic) bond motifs is 5. The van der Waals surface area contributed by atoms with Crippen molar-refractivity contribution in [2.75, 3.05) is 6.54 Å². The Kier molecular flexibility index (Phi) is 2.48. The summed E-state index contributed by atoms with van der Waals surface area (Å²) in [5, 5.41) is 8.56. The molecule has 3 aliphatic rings. The second-order valence-electron chi connectivity index (χ2n) is 4.83. The lowest BCUT2D eigenvalue weighted by molar-refractivity contribution is -0.144. The number of carboxylic acids is 1. The second-order valence-corrected chi connectivity index (χ2v) is 4.83. The van der Waals surface area contributed by atoms with Crippen LogP contribution in [0.15, 0.2) is 12.2 Å². The van der Waals surface area contributed by atoms with Crippen molar-refractivity contribution in [2.24, 2.45) is 11.8 Å². The average Bonchev–Trinajstić information content (AvgIpc) is 2.97. The molecule has 18 heavy (non-hydrogen) atoms. The van der Waals surface area contributed by atoms with Gasteiger partial charge in [-0.3, -0.25) is 19.3 Å². The monoisotopic (exact) mass is 251 g/mol. The van der Waals surface area contributed by atoms with Crippen LogP contribution in [0.2, 0.25) is 0 Å². The van der Waals surface area contributed by atoms with Gasteiger partial charge in [0, 0.05) is 13.0 Å². The molecule has 2 saturated heterocycles. The normalized spacial score (nSPS) is 36.6. The number of likely N-dealkylation sites (tertiary alicyclic amines) is 1. The number of amides is 2. The van der Waals surface area contributed by atoms with Crippen molar-refractivity contribution in [3.63, 3.8) is 0 Å². The summed E-state index contributed by atoms with van der Waals surface area (Å²) in [4.78, 5) is 35.8. The van der Waals surface area contributed by atoms with E-state index in [0.717, 1.165) is 0 Å². The van der Waals surface area contributed by atoms with Crippen LogP contribution in [0.1, 0.15) is 12.8 Å². The van der Waals surface area contributed by atoms with Gasteiger partial charge in [0.05, 0.1) is 24.0 Å². The summed E-state index contributed by atoms with van der Waals surface area (Å²) in [7, 11) is 0. The van der Waals surface area contributed by atoms with Crippen molar-refractivity contribution >= 4 is 17.8 Å². The second kappa shape index (κ2) is 3.91. The smallest absolute Gasteiger partial charge is 0.303 e. The summed E-state index contributed by atoms with van der Waals surface area (Å²) in [5.74, 6) is -2.13. The topological polar surface area (TPSA) is 83.9 Å². The van der Waals surface area contributed by atoms with Crippen LogP contribution >= 0.6 is 0 Å². The Hall–Kier alpha value is -1.69. The first-order chi connectivity index (χ1) is 8.59. The number of hydrogen-bond acceptors (Lipinski definition) is 4. The van der Waals surface area contributed by atoms with Gasteiger partial charge in [-0.25, -0.2) is 0 Å². The molecule has 0 spiro atoms. The highest BCUT2D eigenvalue weighted by molar-refractivity contribution is 6.06. The number of imide groups is 1. The van der Waals surface area contributed by atoms with Crippen molar-refractivity contribution < 1.29 is 24.2 Å². The van der Waals surface area contributed by atoms with E-state index in [9.17, 15) is 14.4 Å². The minimum Gasteiger partial charge on any atom is -0.481 e. The fourth-order valence-electron chi connectivity index (χ4n) is 2.97. The van der Waals surface area contributed by atoms with Gasteiger partial charge >= 0.3 is 5.97 Å². The number of hydrogen-bond donors (Lipinski definition) is 1. The Morgan fingerprint density at radius 1 is 1.22 bits per heavy atom. The van der Waals surface area contributed by atoms with Crippen LogP contribution in [0.25, 0.3) is 0 Å². The van der Waals surface area contributed by atoms with Crippen LogP contribution in [-0.4, -0.2) is 46.5 Å². The lowest BCUT2D eigenvalue weighted by Gasteiger charge is -2.16. The van der Waals surface area contributed by atoms with Crippen molar-refractivity contribution in [1.82, 2.24) is 4.90 Å². The first-order valence-electron chi connectivity index (χ1n) is 6.00. The zero-order valence-corrected chi connectivity index (χ0v) is 9.61. The minimum atomic E-state index is -0.917. The van der Waals surface area contributed by atoms with Gasteiger partial charge < -0.3 is 9.84 Å². The number of aliphatic carboxylic acids is 1. The molecule has 3 aliphatic heterocycles. The average molecular weight is 251 g/mol. The lowest BCUT2D eigenvalue weighted by atomic mass is 9.85. The number of carboxylic acid groups (broad SMARTS) is 1. The molecule has 0 aromatic carbocycles. The number of nitrogens with zero attached hydrogens (tertiary/aromatic N) is 1. The Bertz CT molecular complexity index is 427. The summed E-state index contributed by atoms with van der Waals surface area (Å²) in [5.41, 5.74) is 0. The first kappa shape index (κ1) is 11.4. The summed E-state index contributed by atoms with van der Waals surface area (Å²) in [6.07, 6.45) is 3.38. The summed E-state index contributed by atoms with van der Waals surface area (Å²) in [6.45, 7) is 0.191. The van der Waals surface area contributed by atoms with Gasteiger partial charge in [0.25, 0.3) is 0 Å². The quantitative estimate of drug-likeness (QED) is 0.552. The van der Waals surface area contributed by atoms with Gasteiger partial charge in [-0.2, -0.15) is 0 Å². The van der Waals surface area contributed by atoms with Gasteiger partial charge in [-0.15, -0.1) is 0 Å². The number of rotatable bonds is 4. The maximum absolute atomic E-state index is 12.1. The zero-order chi connectivity index (χ0) is 12.9. The molecular weight excluding hydrogens is 238 g/mol. The Morgan fingerprint density at radius 2 is 1.78 bits per heavy atom. The number of carbonyl (C=O) groups excluding carboxylic acids is 2. The third-order valence-electron chi connectivity index (χ3n) is 3.77. The molecule has 0 aromatic rings. The molecule has 4 atom stereocenters. The van der Waals surface area contributed by atoms with Crippen LogP contribution in [0, 0.1) is 11.8 Å². The van der Waals surface area contributed by atoms with Crippen LogP contribution in [0.4, 0.5) is 0 Å². The van der Waals surface area contributed by atoms with Gasteiger partial charge in [0.2, 0.25) is 11.8 Å². The third kappa shape index (κ3) is 1.49. The maximum atomic E-state index is 12.1. The zero-order valence-electron chi connectivity index (χ0n) is 9.61. The maximum Gasteiger partial charge on any atom is 0.303 e. The molecular formula is C12H13NO5. The molecule has 2 bridgehead atoms. The molecule has 6 heteroatoms. The molecule has 2 fully saturated rings. The molecule has 3 rings (SSSR count). The van der Waals surface area contributed by atoms with E-state index in [1.165, 1.54) is 4.90 Å². The van der Waals surface area contributed by atoms with E-state index >= 15 is 0 Å². The van der Waals surface area contributed by atoms with Crippen LogP contribution in [0.3, 0.4) is 0 Å². The highest BCUT2D eigenvalue weighted by Crippen LogP contribution is 2.44. The molecule has 6 nitrogen and oxygen atoms in total. The lowest BCUT2D eigenvalue weighted by Crippen LogP contribution is -2.35. The highest BCUT2D eigenvalue weighted by Gasteiger charge is 2.60. The molecule has 1 N–H and O–H groups in total. The Morgan fingerprint density at radius 3 is 2.28 bits per heavy atom. The van der Waals surface area contributed by atoms with Crippen LogP contribution < -0.4 is 0 Å². The van der Waals surface area contributed by atoms with E-state index in [1.54, 1.807) is 0 Å². The fraction of sp³-hybridized carbons (Fsp3) is 0.583. The van der Waals surface area contributed by atoms with Gasteiger partial charge in [0.1, 0.15) is 0 Å². The predicted molar refractivity (Wildman–Crippen MR) is 58.4 cm³/mol. The molecule has 4 unspecified atom stereocenters. The van der Waals surface area contributed by atoms with Gasteiger partial charge in [-0.05, 0) is 6.42 Å². The first-order valence-corrected chi connectivity index (χ1v) is 6.00. The fourth-order valence-corrected chi connectivity index (χ4v) is 2.97. The SMILES string of the molecule is O=C(O)CCCN1C(=O)C2C3C=CC(O3)C2C1=O. The molecule has 3 heterocycles. The van der Waals surface area contributed by atoms with E-state index in [1.807, 2.05) is 12.2 Å². The highest BCUT2D eigenvalue weighted by atomic mass is 16.5. The predicted octanol–water partition coefficient (Wildman–Crippen LogP) is -0.210. The van der Waals surface area contributed by atoms with Crippen molar-refractivity contribution in [1.29, 1.82) is 0 Å². The molecule has 0 aliphatic carbocycles. The van der Waals surface area contributed by atoms with Crippen molar-refractivity contribution in [3.05, 3.63) is 12.2 Å². The minimum absolute atomic E-state index is 0.0337. The van der Waals surface area contributed by atoms with E-state index < -0.39 is 17.8 Å². The van der Waals surface area contributed by atoms with E-state index in [0.29, 0.717) is 6.42 Å². The van der Waals surface area contributed by atoms with Crippen LogP contribution in [0.5, 0.6) is 0 Å². The van der Waals surface area contributed by atoms with Crippen molar-refractivity contribution in [2.45, 2.75) is 25.0 Å². The summed E-state index contributed by atoms with van der Waals surface area (Å²) >= 11 is 0. The number of carbonyl (C=O) groups is 3. The van der Waals surface area contributed by atoms with E-state index in [-0.39, 0.29) is 37.0 Å². The van der Waals surface area contributed by atoms with Crippen molar-refractivity contribution in [3.8, 4) is 0 Å². The van der Waals surface area contributed by atoms with Crippen LogP contribution in [-0.2, 0) is 19.1 Å². The largest absolute Gasteiger partial charge is 0.481 e. The Labute approximate surface area is 103 Å².